The van der Waals surface area contributed by atoms with Gasteiger partial charge >= 0.3 is 18.0 Å². The lowest BCUT2D eigenvalue weighted by Gasteiger charge is -2.23. The van der Waals surface area contributed by atoms with Crippen molar-refractivity contribution in [2.75, 3.05) is 52.4 Å². The minimum absolute atomic E-state index is 0.0892. The minimum Gasteiger partial charge on any atom is -0.465 e. The Kier molecular flexibility index (Phi) is 6.93. The lowest BCUT2D eigenvalue weighted by molar-refractivity contribution is 0.0599. The number of anilines is 1. The summed E-state index contributed by atoms with van der Waals surface area (Å²) < 4.78 is 14.7. The van der Waals surface area contributed by atoms with E-state index in [4.69, 9.17) is 4.74 Å². The summed E-state index contributed by atoms with van der Waals surface area (Å²) in [5.74, 6) is -1.46. The maximum absolute atomic E-state index is 12.5. The number of methoxy groups -OCH3 is 2. The molecule has 9 nitrogen and oxygen atoms in total. The molecule has 9 heteroatoms. The third-order valence-corrected chi connectivity index (χ3v) is 3.91. The molecule has 2 N–H and O–H groups in total. The maximum Gasteiger partial charge on any atom is 0.337 e. The molecule has 0 saturated carbocycles. The molecule has 1 aliphatic rings. The molecule has 142 valence electrons. The summed E-state index contributed by atoms with van der Waals surface area (Å²) in [6, 6.07) is 3.73. The Bertz CT molecular complexity index is 643. The number of nitrogens with one attached hydrogen (secondary N) is 1. The molecular formula is C17H22N2O7. The number of carbonyl (C=O) groups excluding carboxylic acids is 3. The first-order valence-corrected chi connectivity index (χ1v) is 8.04. The summed E-state index contributed by atoms with van der Waals surface area (Å²) >= 11 is 0. The average molecular weight is 366 g/mol. The number of ether oxygens (including phenoxy) is 3. The Balaban J connectivity index is 2.22. The molecule has 2 rings (SSSR count). The van der Waals surface area contributed by atoms with E-state index in [0.29, 0.717) is 26.3 Å². The van der Waals surface area contributed by atoms with Crippen molar-refractivity contribution in [2.45, 2.75) is 0 Å². The molecule has 0 aliphatic carbocycles. The highest BCUT2D eigenvalue weighted by Gasteiger charge is 2.23. The van der Waals surface area contributed by atoms with Gasteiger partial charge in [-0.1, -0.05) is 0 Å². The van der Waals surface area contributed by atoms with Crippen molar-refractivity contribution in [1.82, 2.24) is 4.90 Å². The SMILES string of the molecule is COC(=O)c1cc(NC(=O)N2CCOC[C@@H](CO)C2)cc(C(=O)OC)c1. The number of carbonyl (C=O) groups is 3. The quantitative estimate of drug-likeness (QED) is 0.755. The van der Waals surface area contributed by atoms with Crippen molar-refractivity contribution in [3.8, 4) is 0 Å². The molecule has 1 fully saturated rings. The number of hydrogen-bond donors (Lipinski definition) is 2. The van der Waals surface area contributed by atoms with E-state index in [9.17, 15) is 19.5 Å². The zero-order valence-electron chi connectivity index (χ0n) is 14.7. The van der Waals surface area contributed by atoms with Gasteiger partial charge in [-0.3, -0.25) is 0 Å². The highest BCUT2D eigenvalue weighted by atomic mass is 16.5. The third kappa shape index (κ3) is 4.93. The summed E-state index contributed by atoms with van der Waals surface area (Å²) in [6.07, 6.45) is 0. The van der Waals surface area contributed by atoms with Gasteiger partial charge in [-0.2, -0.15) is 0 Å². The van der Waals surface area contributed by atoms with Crippen LogP contribution in [0.4, 0.5) is 10.5 Å². The molecule has 0 bridgehead atoms. The van der Waals surface area contributed by atoms with E-state index in [1.165, 1.54) is 37.3 Å². The Hall–Kier alpha value is -2.65. The van der Waals surface area contributed by atoms with Gasteiger partial charge in [0.1, 0.15) is 0 Å². The number of aliphatic hydroxyl groups excluding tert-OH is 1. The van der Waals surface area contributed by atoms with Crippen LogP contribution in [-0.4, -0.2) is 75.1 Å². The average Bonchev–Trinajstić information content (AvgIpc) is 2.92. The summed E-state index contributed by atoms with van der Waals surface area (Å²) in [5.41, 5.74) is 0.472. The molecule has 26 heavy (non-hydrogen) atoms. The number of aliphatic hydroxyl groups is 1. The second-order valence-electron chi connectivity index (χ2n) is 5.78. The minimum atomic E-state index is -0.644. The van der Waals surface area contributed by atoms with Crippen molar-refractivity contribution in [3.63, 3.8) is 0 Å². The Labute approximate surface area is 150 Å². The molecule has 1 atom stereocenters. The Morgan fingerprint density at radius 3 is 2.35 bits per heavy atom. The van der Waals surface area contributed by atoms with Crippen molar-refractivity contribution >= 4 is 23.7 Å². The topological polar surface area (TPSA) is 114 Å². The fourth-order valence-corrected chi connectivity index (χ4v) is 2.55. The van der Waals surface area contributed by atoms with Crippen LogP contribution in [0.5, 0.6) is 0 Å². The van der Waals surface area contributed by atoms with E-state index in [-0.39, 0.29) is 29.3 Å². The molecule has 1 aromatic rings. The van der Waals surface area contributed by atoms with E-state index < -0.39 is 18.0 Å². The molecule has 1 heterocycles. The standard InChI is InChI=1S/C17H22N2O7/c1-24-15(21)12-5-13(16(22)25-2)7-14(6-12)18-17(23)19-3-4-26-10-11(8-19)9-20/h5-7,11,20H,3-4,8-10H2,1-2H3,(H,18,23)/t11-/m1/s1. The first-order chi connectivity index (χ1) is 12.5. The van der Waals surface area contributed by atoms with Crippen LogP contribution in [-0.2, 0) is 14.2 Å². The van der Waals surface area contributed by atoms with Gasteiger partial charge in [-0.15, -0.1) is 0 Å². The van der Waals surface area contributed by atoms with Gasteiger partial charge in [0.05, 0.1) is 38.6 Å². The van der Waals surface area contributed by atoms with Crippen LogP contribution in [0.15, 0.2) is 18.2 Å². The Morgan fingerprint density at radius 1 is 1.19 bits per heavy atom. The fraction of sp³-hybridized carbons (Fsp3) is 0.471. The van der Waals surface area contributed by atoms with Gasteiger partial charge in [0.2, 0.25) is 0 Å². The van der Waals surface area contributed by atoms with E-state index >= 15 is 0 Å². The fourth-order valence-electron chi connectivity index (χ4n) is 2.55. The van der Waals surface area contributed by atoms with Gasteiger partial charge in [0.15, 0.2) is 0 Å². The summed E-state index contributed by atoms with van der Waals surface area (Å²) in [6.45, 7) is 1.35. The van der Waals surface area contributed by atoms with E-state index in [1.807, 2.05) is 0 Å². The van der Waals surface area contributed by atoms with Crippen LogP contribution in [0.2, 0.25) is 0 Å². The summed E-state index contributed by atoms with van der Waals surface area (Å²) in [5, 5.41) is 12.0. The zero-order valence-corrected chi connectivity index (χ0v) is 14.7. The molecule has 2 amide bonds. The summed E-state index contributed by atoms with van der Waals surface area (Å²) in [4.78, 5) is 37.6. The molecule has 0 unspecified atom stereocenters. The van der Waals surface area contributed by atoms with Crippen molar-refractivity contribution in [3.05, 3.63) is 29.3 Å². The lowest BCUT2D eigenvalue weighted by atomic mass is 10.1. The largest absolute Gasteiger partial charge is 0.465 e. The molecule has 0 aromatic heterocycles. The van der Waals surface area contributed by atoms with Crippen LogP contribution in [0, 0.1) is 5.92 Å². The first-order valence-electron chi connectivity index (χ1n) is 8.04. The van der Waals surface area contributed by atoms with Gasteiger partial charge in [-0.05, 0) is 18.2 Å². The van der Waals surface area contributed by atoms with Crippen molar-refractivity contribution in [1.29, 1.82) is 0 Å². The van der Waals surface area contributed by atoms with Crippen molar-refractivity contribution in [2.24, 2.45) is 5.92 Å². The molecule has 1 saturated heterocycles. The highest BCUT2D eigenvalue weighted by molar-refractivity contribution is 5.99. The number of benzene rings is 1. The Morgan fingerprint density at radius 2 is 1.81 bits per heavy atom. The van der Waals surface area contributed by atoms with Crippen LogP contribution < -0.4 is 5.32 Å². The second kappa shape index (κ2) is 9.16. The normalized spacial score (nSPS) is 17.2. The van der Waals surface area contributed by atoms with E-state index in [0.717, 1.165) is 0 Å². The number of rotatable bonds is 4. The van der Waals surface area contributed by atoms with E-state index in [1.54, 1.807) is 0 Å². The maximum atomic E-state index is 12.5. The zero-order chi connectivity index (χ0) is 19.1. The molecule has 0 radical (unpaired) electrons. The molecule has 1 aliphatic heterocycles. The lowest BCUT2D eigenvalue weighted by Crippen LogP contribution is -2.39. The predicted molar refractivity (Wildman–Crippen MR) is 91.1 cm³/mol. The number of hydrogen-bond acceptors (Lipinski definition) is 7. The molecular weight excluding hydrogens is 344 g/mol. The second-order valence-corrected chi connectivity index (χ2v) is 5.78. The van der Waals surface area contributed by atoms with Crippen LogP contribution >= 0.6 is 0 Å². The molecule has 1 aromatic carbocycles. The monoisotopic (exact) mass is 366 g/mol. The molecule has 0 spiro atoms. The number of amides is 2. The number of urea groups is 1. The predicted octanol–water partition coefficient (Wildman–Crippen LogP) is 0.732. The van der Waals surface area contributed by atoms with Gasteiger partial charge in [0.25, 0.3) is 0 Å². The van der Waals surface area contributed by atoms with Gasteiger partial charge < -0.3 is 29.5 Å². The van der Waals surface area contributed by atoms with Crippen LogP contribution in [0.1, 0.15) is 20.7 Å². The van der Waals surface area contributed by atoms with Crippen molar-refractivity contribution < 1.29 is 33.7 Å². The third-order valence-electron chi connectivity index (χ3n) is 3.91. The van der Waals surface area contributed by atoms with Gasteiger partial charge in [0, 0.05) is 31.3 Å². The van der Waals surface area contributed by atoms with Crippen LogP contribution in [0.3, 0.4) is 0 Å². The highest BCUT2D eigenvalue weighted by Crippen LogP contribution is 2.18. The summed E-state index contributed by atoms with van der Waals surface area (Å²) in [7, 11) is 2.44. The van der Waals surface area contributed by atoms with E-state index in [2.05, 4.69) is 14.8 Å². The van der Waals surface area contributed by atoms with Crippen LogP contribution in [0.25, 0.3) is 0 Å². The van der Waals surface area contributed by atoms with Gasteiger partial charge in [-0.25, -0.2) is 14.4 Å². The number of nitrogens with zero attached hydrogens (tertiary/aromatic N) is 1. The smallest absolute Gasteiger partial charge is 0.337 e. The number of esters is 2. The first kappa shape index (κ1) is 19.7.